The van der Waals surface area contributed by atoms with Gasteiger partial charge in [-0.3, -0.25) is 0 Å². The number of hydrogen-bond acceptors (Lipinski definition) is 1. The molecule has 0 bridgehead atoms. The molecular weight excluding hydrogens is 315 g/mol. The van der Waals surface area contributed by atoms with Gasteiger partial charge in [0.25, 0.3) is 0 Å². The summed E-state index contributed by atoms with van der Waals surface area (Å²) < 4.78 is 2.14. The van der Waals surface area contributed by atoms with Crippen LogP contribution in [-0.4, -0.2) is 9.55 Å². The maximum Gasteiger partial charge on any atom is 0.0948 e. The predicted molar refractivity (Wildman–Crippen MR) is 93.8 cm³/mol. The monoisotopic (exact) mass is 334 g/mol. The van der Waals surface area contributed by atoms with Crippen LogP contribution < -0.4 is 0 Å². The molecule has 2 aliphatic rings. The van der Waals surface area contributed by atoms with E-state index in [0.29, 0.717) is 0 Å². The molecule has 1 heterocycles. The summed E-state index contributed by atoms with van der Waals surface area (Å²) in [4.78, 5) is 4.14. The van der Waals surface area contributed by atoms with Crippen LogP contribution in [0.15, 0.2) is 36.4 Å². The van der Waals surface area contributed by atoms with Gasteiger partial charge in [0.2, 0.25) is 0 Å². The first kappa shape index (κ1) is 15.6. The standard InChI is InChI=1S/C18H19ClN2.ClH/c1-18-6-2-3-14-4-5-16(19)15(17(14)18)9-13(10-18)11-21-8-7-20-12-21;/h4-5,7-9,12H,2-3,6,10-11H2,1H3;1H. The Morgan fingerprint density at radius 3 is 3.00 bits per heavy atom. The summed E-state index contributed by atoms with van der Waals surface area (Å²) in [7, 11) is 0. The van der Waals surface area contributed by atoms with Crippen molar-refractivity contribution < 1.29 is 0 Å². The van der Waals surface area contributed by atoms with Crippen molar-refractivity contribution >= 4 is 30.1 Å². The average molecular weight is 335 g/mol. The summed E-state index contributed by atoms with van der Waals surface area (Å²) in [6.07, 6.45) is 12.9. The molecular formula is C18H20Cl2N2. The molecule has 1 unspecified atom stereocenters. The summed E-state index contributed by atoms with van der Waals surface area (Å²) in [6.45, 7) is 3.32. The summed E-state index contributed by atoms with van der Waals surface area (Å²) >= 11 is 6.51. The fourth-order valence-electron chi connectivity index (χ4n) is 4.14. The summed E-state index contributed by atoms with van der Waals surface area (Å²) in [5, 5.41) is 0.893. The van der Waals surface area contributed by atoms with E-state index in [1.54, 1.807) is 0 Å². The number of imidazole rings is 1. The molecule has 1 aromatic carbocycles. The van der Waals surface area contributed by atoms with Crippen molar-refractivity contribution in [1.29, 1.82) is 0 Å². The zero-order chi connectivity index (χ0) is 14.4. The lowest BCUT2D eigenvalue weighted by molar-refractivity contribution is 0.380. The van der Waals surface area contributed by atoms with E-state index in [4.69, 9.17) is 11.6 Å². The highest BCUT2D eigenvalue weighted by Gasteiger charge is 2.37. The molecule has 0 fully saturated rings. The number of allylic oxidation sites excluding steroid dienone is 1. The highest BCUT2D eigenvalue weighted by molar-refractivity contribution is 6.32. The third kappa shape index (κ3) is 2.49. The minimum atomic E-state index is 0. The van der Waals surface area contributed by atoms with Gasteiger partial charge in [-0.25, -0.2) is 4.98 Å². The zero-order valence-corrected chi connectivity index (χ0v) is 14.3. The highest BCUT2D eigenvalue weighted by atomic mass is 35.5. The first-order valence-corrected chi connectivity index (χ1v) is 8.01. The Kier molecular flexibility index (Phi) is 4.09. The summed E-state index contributed by atoms with van der Waals surface area (Å²) in [6, 6.07) is 4.30. The second kappa shape index (κ2) is 5.75. The first-order chi connectivity index (χ1) is 10.2. The van der Waals surface area contributed by atoms with Gasteiger partial charge in [0.1, 0.15) is 0 Å². The minimum Gasteiger partial charge on any atom is -0.333 e. The average Bonchev–Trinajstić information content (AvgIpc) is 2.94. The normalized spacial score (nSPS) is 22.5. The molecule has 116 valence electrons. The van der Waals surface area contributed by atoms with Crippen LogP contribution in [-0.2, 0) is 18.4 Å². The number of halogens is 2. The van der Waals surface area contributed by atoms with E-state index < -0.39 is 0 Å². The highest BCUT2D eigenvalue weighted by Crippen LogP contribution is 2.48. The van der Waals surface area contributed by atoms with Crippen LogP contribution in [0, 0.1) is 0 Å². The molecule has 0 saturated heterocycles. The number of nitrogens with zero attached hydrogens (tertiary/aromatic N) is 2. The first-order valence-electron chi connectivity index (χ1n) is 7.63. The Bertz CT molecular complexity index is 719. The van der Waals surface area contributed by atoms with Crippen LogP contribution in [0.1, 0.15) is 42.9 Å². The zero-order valence-electron chi connectivity index (χ0n) is 12.7. The Hall–Kier alpha value is -1.25. The van der Waals surface area contributed by atoms with Crippen molar-refractivity contribution in [2.24, 2.45) is 0 Å². The lowest BCUT2D eigenvalue weighted by Crippen LogP contribution is -2.32. The number of rotatable bonds is 2. The maximum absolute atomic E-state index is 6.51. The molecule has 2 nitrogen and oxygen atoms in total. The second-order valence-corrected chi connectivity index (χ2v) is 7.03. The second-order valence-electron chi connectivity index (χ2n) is 6.62. The van der Waals surface area contributed by atoms with Crippen molar-refractivity contribution in [3.05, 3.63) is 58.1 Å². The van der Waals surface area contributed by atoms with Gasteiger partial charge < -0.3 is 4.57 Å². The lowest BCUT2D eigenvalue weighted by atomic mass is 9.64. The van der Waals surface area contributed by atoms with E-state index in [-0.39, 0.29) is 17.8 Å². The molecule has 4 heteroatoms. The Morgan fingerprint density at radius 1 is 1.36 bits per heavy atom. The Morgan fingerprint density at radius 2 is 2.23 bits per heavy atom. The molecule has 4 rings (SSSR count). The van der Waals surface area contributed by atoms with Gasteiger partial charge in [0.05, 0.1) is 6.33 Å². The largest absolute Gasteiger partial charge is 0.333 e. The molecule has 0 saturated carbocycles. The van der Waals surface area contributed by atoms with Crippen LogP contribution in [0.25, 0.3) is 6.08 Å². The summed E-state index contributed by atoms with van der Waals surface area (Å²) in [5.74, 6) is 0. The van der Waals surface area contributed by atoms with E-state index >= 15 is 0 Å². The Balaban J connectivity index is 0.00000144. The van der Waals surface area contributed by atoms with E-state index in [1.807, 2.05) is 18.7 Å². The molecule has 1 aromatic heterocycles. The van der Waals surface area contributed by atoms with Crippen LogP contribution in [0.5, 0.6) is 0 Å². The molecule has 0 amide bonds. The van der Waals surface area contributed by atoms with Crippen molar-refractivity contribution in [3.8, 4) is 0 Å². The predicted octanol–water partition coefficient (Wildman–Crippen LogP) is 5.04. The molecule has 0 spiro atoms. The summed E-state index contributed by atoms with van der Waals surface area (Å²) in [5.41, 5.74) is 5.97. The molecule has 0 aliphatic heterocycles. The van der Waals surface area contributed by atoms with Gasteiger partial charge >= 0.3 is 0 Å². The molecule has 2 aliphatic carbocycles. The van der Waals surface area contributed by atoms with Gasteiger partial charge in [-0.15, -0.1) is 12.4 Å². The van der Waals surface area contributed by atoms with E-state index in [1.165, 1.54) is 41.5 Å². The number of aryl methyl sites for hydroxylation is 1. The molecule has 22 heavy (non-hydrogen) atoms. The van der Waals surface area contributed by atoms with Crippen LogP contribution in [0.4, 0.5) is 0 Å². The number of benzene rings is 1. The molecule has 0 N–H and O–H groups in total. The van der Waals surface area contributed by atoms with E-state index in [9.17, 15) is 0 Å². The number of hydrogen-bond donors (Lipinski definition) is 0. The van der Waals surface area contributed by atoms with Gasteiger partial charge in [0, 0.05) is 24.0 Å². The van der Waals surface area contributed by atoms with Crippen molar-refractivity contribution in [3.63, 3.8) is 0 Å². The van der Waals surface area contributed by atoms with Crippen LogP contribution >= 0.6 is 24.0 Å². The van der Waals surface area contributed by atoms with E-state index in [2.05, 4.69) is 34.7 Å². The molecule has 0 radical (unpaired) electrons. The third-order valence-electron chi connectivity index (χ3n) is 4.97. The van der Waals surface area contributed by atoms with Gasteiger partial charge in [-0.05, 0) is 59.4 Å². The fraction of sp³-hybridized carbons (Fsp3) is 0.389. The van der Waals surface area contributed by atoms with Gasteiger partial charge in [0.15, 0.2) is 0 Å². The number of aromatic nitrogens is 2. The quantitative estimate of drug-likeness (QED) is 0.752. The molecule has 1 atom stereocenters. The topological polar surface area (TPSA) is 17.8 Å². The molecule has 2 aromatic rings. The maximum atomic E-state index is 6.51. The van der Waals surface area contributed by atoms with Crippen molar-refractivity contribution in [2.75, 3.05) is 0 Å². The smallest absolute Gasteiger partial charge is 0.0948 e. The SMILES string of the molecule is CC12CCCc3ccc(Cl)c(c31)C=C(Cn1ccnc1)C2.Cl. The lowest BCUT2D eigenvalue weighted by Gasteiger charge is -2.41. The van der Waals surface area contributed by atoms with Crippen molar-refractivity contribution in [2.45, 2.75) is 44.6 Å². The van der Waals surface area contributed by atoms with Crippen LogP contribution in [0.3, 0.4) is 0 Å². The third-order valence-corrected chi connectivity index (χ3v) is 5.30. The Labute approximate surface area is 142 Å². The van der Waals surface area contributed by atoms with Crippen LogP contribution in [0.2, 0.25) is 5.02 Å². The minimum absolute atomic E-state index is 0. The van der Waals surface area contributed by atoms with Gasteiger partial charge in [-0.2, -0.15) is 0 Å². The van der Waals surface area contributed by atoms with Crippen molar-refractivity contribution in [1.82, 2.24) is 9.55 Å². The van der Waals surface area contributed by atoms with E-state index in [0.717, 1.165) is 18.0 Å². The fourth-order valence-corrected chi connectivity index (χ4v) is 4.36. The van der Waals surface area contributed by atoms with Gasteiger partial charge in [-0.1, -0.05) is 30.7 Å².